The van der Waals surface area contributed by atoms with Crippen molar-refractivity contribution >= 4 is 11.8 Å². The molecule has 2 aromatic rings. The molecule has 4 heteroatoms. The largest absolute Gasteiger partial charge is 0.314 e. The molecule has 0 saturated heterocycles. The predicted octanol–water partition coefficient (Wildman–Crippen LogP) is 2.84. The van der Waals surface area contributed by atoms with E-state index in [1.807, 2.05) is 18.8 Å². The molecule has 0 aliphatic carbocycles. The average Bonchev–Trinajstić information content (AvgIpc) is 2.65. The van der Waals surface area contributed by atoms with E-state index in [0.29, 0.717) is 0 Å². The molecule has 0 atom stereocenters. The van der Waals surface area contributed by atoms with Crippen molar-refractivity contribution in [2.75, 3.05) is 13.3 Å². The van der Waals surface area contributed by atoms with Crippen LogP contribution in [0.1, 0.15) is 11.4 Å². The minimum Gasteiger partial charge on any atom is -0.314 e. The molecule has 0 radical (unpaired) electrons. The molecule has 0 amide bonds. The monoisotopic (exact) mass is 261 g/mol. The maximum Gasteiger partial charge on any atom is 0.0675 e. The van der Waals surface area contributed by atoms with Gasteiger partial charge >= 0.3 is 0 Å². The first-order chi connectivity index (χ1) is 8.67. The van der Waals surface area contributed by atoms with E-state index in [9.17, 15) is 0 Å². The number of aromatic nitrogens is 2. The van der Waals surface area contributed by atoms with Gasteiger partial charge in [0.2, 0.25) is 0 Å². The predicted molar refractivity (Wildman–Crippen MR) is 77.9 cm³/mol. The Bertz CT molecular complexity index is 529. The van der Waals surface area contributed by atoms with E-state index in [1.165, 1.54) is 21.7 Å². The zero-order valence-corrected chi connectivity index (χ0v) is 12.1. The first kappa shape index (κ1) is 13.2. The normalized spacial score (nSPS) is 10.9. The second kappa shape index (κ2) is 5.59. The molecular formula is C14H19N3S. The summed E-state index contributed by atoms with van der Waals surface area (Å²) >= 11 is 1.76. The van der Waals surface area contributed by atoms with E-state index in [1.54, 1.807) is 11.8 Å². The van der Waals surface area contributed by atoms with Crippen LogP contribution in [0.3, 0.4) is 0 Å². The number of hydrogen-bond donors (Lipinski definition) is 1. The molecule has 18 heavy (non-hydrogen) atoms. The van der Waals surface area contributed by atoms with Gasteiger partial charge in [-0.2, -0.15) is 5.10 Å². The Morgan fingerprint density at radius 3 is 2.50 bits per heavy atom. The van der Waals surface area contributed by atoms with E-state index in [-0.39, 0.29) is 0 Å². The number of nitrogens with one attached hydrogen (secondary N) is 1. The van der Waals surface area contributed by atoms with E-state index >= 15 is 0 Å². The third-order valence-corrected chi connectivity index (χ3v) is 3.81. The van der Waals surface area contributed by atoms with Gasteiger partial charge in [-0.1, -0.05) is 12.1 Å². The van der Waals surface area contributed by atoms with Gasteiger partial charge in [0.1, 0.15) is 0 Å². The first-order valence-electron chi connectivity index (χ1n) is 5.99. The Morgan fingerprint density at radius 2 is 1.94 bits per heavy atom. The van der Waals surface area contributed by atoms with Crippen LogP contribution < -0.4 is 5.32 Å². The van der Waals surface area contributed by atoms with Gasteiger partial charge in [-0.05, 0) is 37.9 Å². The molecule has 0 unspecified atom stereocenters. The van der Waals surface area contributed by atoms with Crippen molar-refractivity contribution in [1.29, 1.82) is 0 Å². The van der Waals surface area contributed by atoms with Crippen LogP contribution in [0.5, 0.6) is 0 Å². The van der Waals surface area contributed by atoms with Gasteiger partial charge < -0.3 is 5.32 Å². The molecule has 0 aliphatic rings. The molecule has 2 rings (SSSR count). The zero-order chi connectivity index (χ0) is 13.1. The number of rotatable bonds is 4. The molecule has 1 aromatic heterocycles. The SMILES string of the molecule is CNCc1c(-c2ccc(SC)cc2)c(C)nn1C. The number of aryl methyl sites for hydroxylation is 2. The maximum atomic E-state index is 4.52. The molecule has 0 fully saturated rings. The Balaban J connectivity index is 2.48. The van der Waals surface area contributed by atoms with Crippen molar-refractivity contribution in [2.45, 2.75) is 18.4 Å². The third kappa shape index (κ3) is 2.44. The van der Waals surface area contributed by atoms with Crippen molar-refractivity contribution in [1.82, 2.24) is 15.1 Å². The highest BCUT2D eigenvalue weighted by molar-refractivity contribution is 7.98. The van der Waals surface area contributed by atoms with Crippen molar-refractivity contribution < 1.29 is 0 Å². The van der Waals surface area contributed by atoms with Crippen LogP contribution in [-0.4, -0.2) is 23.1 Å². The van der Waals surface area contributed by atoms with Crippen LogP contribution in [0, 0.1) is 6.92 Å². The molecular weight excluding hydrogens is 242 g/mol. The topological polar surface area (TPSA) is 29.9 Å². The molecule has 3 nitrogen and oxygen atoms in total. The summed E-state index contributed by atoms with van der Waals surface area (Å²) in [6.07, 6.45) is 2.09. The summed E-state index contributed by atoms with van der Waals surface area (Å²) in [5, 5.41) is 7.73. The molecule has 0 saturated carbocycles. The summed E-state index contributed by atoms with van der Waals surface area (Å²) in [6, 6.07) is 8.68. The lowest BCUT2D eigenvalue weighted by Gasteiger charge is -2.07. The average molecular weight is 261 g/mol. The summed E-state index contributed by atoms with van der Waals surface area (Å²) in [5.41, 5.74) is 4.80. The number of thioether (sulfide) groups is 1. The molecule has 96 valence electrons. The Labute approximate surface area is 113 Å². The minimum atomic E-state index is 0.830. The van der Waals surface area contributed by atoms with Gasteiger partial charge in [-0.15, -0.1) is 11.8 Å². The van der Waals surface area contributed by atoms with Crippen LogP contribution in [0.2, 0.25) is 0 Å². The van der Waals surface area contributed by atoms with Gasteiger partial charge in [-0.3, -0.25) is 4.68 Å². The number of nitrogens with zero attached hydrogens (tertiary/aromatic N) is 2. The Hall–Kier alpha value is -1.26. The summed E-state index contributed by atoms with van der Waals surface area (Å²) in [7, 11) is 3.96. The van der Waals surface area contributed by atoms with Gasteiger partial charge in [0.05, 0.1) is 11.4 Å². The summed E-state index contributed by atoms with van der Waals surface area (Å²) in [5.74, 6) is 0. The van der Waals surface area contributed by atoms with Crippen molar-refractivity contribution in [3.8, 4) is 11.1 Å². The van der Waals surface area contributed by atoms with Crippen molar-refractivity contribution in [2.24, 2.45) is 7.05 Å². The van der Waals surface area contributed by atoms with Gasteiger partial charge in [0, 0.05) is 24.1 Å². The molecule has 0 spiro atoms. The highest BCUT2D eigenvalue weighted by Gasteiger charge is 2.14. The fourth-order valence-electron chi connectivity index (χ4n) is 2.21. The van der Waals surface area contributed by atoms with Gasteiger partial charge in [-0.25, -0.2) is 0 Å². The second-order valence-electron chi connectivity index (χ2n) is 4.29. The minimum absolute atomic E-state index is 0.830. The highest BCUT2D eigenvalue weighted by Crippen LogP contribution is 2.28. The highest BCUT2D eigenvalue weighted by atomic mass is 32.2. The van der Waals surface area contributed by atoms with E-state index < -0.39 is 0 Å². The second-order valence-corrected chi connectivity index (χ2v) is 5.17. The molecule has 0 aliphatic heterocycles. The summed E-state index contributed by atoms with van der Waals surface area (Å²) in [6.45, 7) is 2.90. The lowest BCUT2D eigenvalue weighted by atomic mass is 10.0. The van der Waals surface area contributed by atoms with Crippen molar-refractivity contribution in [3.63, 3.8) is 0 Å². The van der Waals surface area contributed by atoms with Crippen LogP contribution in [-0.2, 0) is 13.6 Å². The van der Waals surface area contributed by atoms with Gasteiger partial charge in [0.25, 0.3) is 0 Å². The quantitative estimate of drug-likeness (QED) is 0.858. The fraction of sp³-hybridized carbons (Fsp3) is 0.357. The summed E-state index contributed by atoms with van der Waals surface area (Å²) < 4.78 is 1.96. The van der Waals surface area contributed by atoms with Crippen LogP contribution >= 0.6 is 11.8 Å². The van der Waals surface area contributed by atoms with Crippen LogP contribution in [0.25, 0.3) is 11.1 Å². The molecule has 1 N–H and O–H groups in total. The van der Waals surface area contributed by atoms with E-state index in [0.717, 1.165) is 12.2 Å². The summed E-state index contributed by atoms with van der Waals surface area (Å²) in [4.78, 5) is 1.29. The standard InChI is InChI=1S/C14H19N3S/c1-10-14(13(9-15-2)17(3)16-10)11-5-7-12(18-4)8-6-11/h5-8,15H,9H2,1-4H3. The Kier molecular flexibility index (Phi) is 4.09. The smallest absolute Gasteiger partial charge is 0.0675 e. The zero-order valence-electron chi connectivity index (χ0n) is 11.3. The lowest BCUT2D eigenvalue weighted by molar-refractivity contribution is 0.669. The van der Waals surface area contributed by atoms with E-state index in [2.05, 4.69) is 47.9 Å². The number of benzene rings is 1. The third-order valence-electron chi connectivity index (χ3n) is 3.06. The molecule has 1 heterocycles. The van der Waals surface area contributed by atoms with Crippen LogP contribution in [0.15, 0.2) is 29.2 Å². The fourth-order valence-corrected chi connectivity index (χ4v) is 2.62. The number of hydrogen-bond acceptors (Lipinski definition) is 3. The maximum absolute atomic E-state index is 4.52. The van der Waals surface area contributed by atoms with Gasteiger partial charge in [0.15, 0.2) is 0 Å². The van der Waals surface area contributed by atoms with E-state index in [4.69, 9.17) is 0 Å². The molecule has 0 bridgehead atoms. The van der Waals surface area contributed by atoms with Crippen LogP contribution in [0.4, 0.5) is 0 Å². The Morgan fingerprint density at radius 1 is 1.28 bits per heavy atom. The van der Waals surface area contributed by atoms with Crippen molar-refractivity contribution in [3.05, 3.63) is 35.7 Å². The molecule has 1 aromatic carbocycles. The first-order valence-corrected chi connectivity index (χ1v) is 7.21. The lowest BCUT2D eigenvalue weighted by Crippen LogP contribution is -2.10.